The van der Waals surface area contributed by atoms with E-state index in [2.05, 4.69) is 9.97 Å². The van der Waals surface area contributed by atoms with Crippen LogP contribution in [0.3, 0.4) is 0 Å². The van der Waals surface area contributed by atoms with Gasteiger partial charge >= 0.3 is 0 Å². The van der Waals surface area contributed by atoms with Gasteiger partial charge in [-0.15, -0.1) is 0 Å². The Morgan fingerprint density at radius 3 is 2.88 bits per heavy atom. The molecule has 2 aromatic heterocycles. The van der Waals surface area contributed by atoms with E-state index in [1.807, 2.05) is 0 Å². The number of rotatable bonds is 3. The third kappa shape index (κ3) is 2.65. The van der Waals surface area contributed by atoms with E-state index in [1.165, 1.54) is 30.7 Å². The van der Waals surface area contributed by atoms with E-state index in [1.54, 1.807) is 6.07 Å². The quantitative estimate of drug-likeness (QED) is 0.787. The number of carbonyl (C=O) groups is 1. The van der Waals surface area contributed by atoms with Crippen LogP contribution >= 0.6 is 11.6 Å². The van der Waals surface area contributed by atoms with E-state index >= 15 is 0 Å². The first-order valence-corrected chi connectivity index (χ1v) is 5.28. The second-order valence-electron chi connectivity index (χ2n) is 3.40. The van der Waals surface area contributed by atoms with Crippen molar-refractivity contribution in [2.24, 2.45) is 0 Å². The molecule has 0 saturated heterocycles. The Hall–Kier alpha value is -1.81. The van der Waals surface area contributed by atoms with E-state index in [-0.39, 0.29) is 12.1 Å². The summed E-state index contributed by atoms with van der Waals surface area (Å²) >= 11 is 5.87. The van der Waals surface area contributed by atoms with Crippen LogP contribution in [0, 0.1) is 5.82 Å². The first-order chi connectivity index (χ1) is 8.18. The number of aromatic nitrogens is 2. The summed E-state index contributed by atoms with van der Waals surface area (Å²) < 4.78 is 13.3. The van der Waals surface area contributed by atoms with Crippen molar-refractivity contribution in [3.63, 3.8) is 0 Å². The lowest BCUT2D eigenvalue weighted by atomic mass is 10.1. The van der Waals surface area contributed by atoms with Gasteiger partial charge < -0.3 is 0 Å². The third-order valence-electron chi connectivity index (χ3n) is 2.23. The summed E-state index contributed by atoms with van der Waals surface area (Å²) in [5.74, 6) is -1.03. The Balaban J connectivity index is 2.24. The number of hydrogen-bond acceptors (Lipinski definition) is 3. The van der Waals surface area contributed by atoms with Crippen LogP contribution in [0.15, 0.2) is 36.8 Å². The van der Waals surface area contributed by atoms with Crippen LogP contribution in [0.5, 0.6) is 0 Å². The number of hydrogen-bond donors (Lipinski definition) is 0. The number of pyridine rings is 2. The lowest BCUT2D eigenvalue weighted by molar-refractivity contribution is 0.0984. The van der Waals surface area contributed by atoms with E-state index in [4.69, 9.17) is 11.6 Å². The van der Waals surface area contributed by atoms with Crippen molar-refractivity contribution in [2.45, 2.75) is 6.42 Å². The lowest BCUT2D eigenvalue weighted by Crippen LogP contribution is -2.08. The average Bonchev–Trinajstić information content (AvgIpc) is 2.32. The van der Waals surface area contributed by atoms with Crippen LogP contribution in [-0.2, 0) is 6.42 Å². The molecule has 0 atom stereocenters. The molecule has 3 nitrogen and oxygen atoms in total. The van der Waals surface area contributed by atoms with Crippen molar-refractivity contribution in [3.05, 3.63) is 58.9 Å². The molecule has 0 bridgehead atoms. The van der Waals surface area contributed by atoms with Crippen LogP contribution in [0.25, 0.3) is 0 Å². The minimum absolute atomic E-state index is 0.00921. The molecule has 2 rings (SSSR count). The molecular formula is C12H8ClFN2O. The van der Waals surface area contributed by atoms with Gasteiger partial charge in [0.05, 0.1) is 5.02 Å². The molecule has 0 radical (unpaired) electrons. The van der Waals surface area contributed by atoms with Gasteiger partial charge in [0, 0.05) is 25.0 Å². The molecule has 0 saturated carbocycles. The molecule has 0 unspecified atom stereocenters. The molecule has 5 heteroatoms. The van der Waals surface area contributed by atoms with E-state index in [0.29, 0.717) is 10.6 Å². The fourth-order valence-corrected chi connectivity index (χ4v) is 1.58. The first-order valence-electron chi connectivity index (χ1n) is 4.90. The molecular weight excluding hydrogens is 243 g/mol. The number of carbonyl (C=O) groups excluding carboxylic acids is 1. The van der Waals surface area contributed by atoms with Gasteiger partial charge in [0.2, 0.25) is 0 Å². The van der Waals surface area contributed by atoms with E-state index in [9.17, 15) is 9.18 Å². The molecule has 0 aromatic carbocycles. The van der Waals surface area contributed by atoms with Crippen molar-refractivity contribution in [1.82, 2.24) is 9.97 Å². The monoisotopic (exact) mass is 250 g/mol. The molecule has 2 heterocycles. The van der Waals surface area contributed by atoms with Gasteiger partial charge in [-0.2, -0.15) is 0 Å². The fraction of sp³-hybridized carbons (Fsp3) is 0.0833. The van der Waals surface area contributed by atoms with E-state index < -0.39 is 11.6 Å². The van der Waals surface area contributed by atoms with Gasteiger partial charge in [-0.25, -0.2) is 4.39 Å². The highest BCUT2D eigenvalue weighted by atomic mass is 35.5. The molecule has 17 heavy (non-hydrogen) atoms. The maximum atomic E-state index is 13.3. The first kappa shape index (κ1) is 11.7. The molecule has 0 aliphatic heterocycles. The lowest BCUT2D eigenvalue weighted by Gasteiger charge is -2.03. The number of nitrogens with zero attached hydrogens (tertiary/aromatic N) is 2. The maximum absolute atomic E-state index is 13.3. The zero-order chi connectivity index (χ0) is 12.3. The van der Waals surface area contributed by atoms with Gasteiger partial charge in [-0.1, -0.05) is 11.6 Å². The Labute approximate surface area is 102 Å². The number of Topliss-reactive ketones (excluding diaryl/α,β-unsaturated/α-hetero) is 1. The highest BCUT2D eigenvalue weighted by molar-refractivity contribution is 6.31. The summed E-state index contributed by atoms with van der Waals surface area (Å²) in [7, 11) is 0. The van der Waals surface area contributed by atoms with Gasteiger partial charge in [0.25, 0.3) is 0 Å². The Bertz CT molecular complexity index is 560. The minimum atomic E-state index is -0.623. The van der Waals surface area contributed by atoms with Gasteiger partial charge in [-0.05, 0) is 23.8 Å². The normalized spacial score (nSPS) is 10.2. The van der Waals surface area contributed by atoms with Crippen molar-refractivity contribution < 1.29 is 9.18 Å². The molecule has 0 aliphatic rings. The minimum Gasteiger partial charge on any atom is -0.292 e. The van der Waals surface area contributed by atoms with Gasteiger partial charge in [-0.3, -0.25) is 14.8 Å². The van der Waals surface area contributed by atoms with Crippen LogP contribution in [0.1, 0.15) is 16.1 Å². The number of ketones is 1. The van der Waals surface area contributed by atoms with Crippen molar-refractivity contribution in [1.29, 1.82) is 0 Å². The molecule has 0 fully saturated rings. The predicted molar refractivity (Wildman–Crippen MR) is 61.5 cm³/mol. The van der Waals surface area contributed by atoms with Crippen LogP contribution in [0.2, 0.25) is 5.02 Å². The van der Waals surface area contributed by atoms with Crippen molar-refractivity contribution in [2.75, 3.05) is 0 Å². The average molecular weight is 251 g/mol. The molecule has 0 N–H and O–H groups in total. The summed E-state index contributed by atoms with van der Waals surface area (Å²) in [6.45, 7) is 0. The van der Waals surface area contributed by atoms with Crippen LogP contribution in [0.4, 0.5) is 4.39 Å². The number of halogens is 2. The fourth-order valence-electron chi connectivity index (χ4n) is 1.39. The summed E-state index contributed by atoms with van der Waals surface area (Å²) in [6.07, 6.45) is 4.36. The molecule has 0 aliphatic carbocycles. The molecule has 2 aromatic rings. The summed E-state index contributed by atoms with van der Waals surface area (Å²) in [5, 5.41) is 0.386. The van der Waals surface area contributed by atoms with Crippen LogP contribution < -0.4 is 0 Å². The Kier molecular flexibility index (Phi) is 3.44. The highest BCUT2D eigenvalue weighted by Crippen LogP contribution is 2.16. The topological polar surface area (TPSA) is 42.9 Å². The SMILES string of the molecule is O=C(Cc1ccncc1Cl)c1ncccc1F. The smallest absolute Gasteiger partial charge is 0.188 e. The summed E-state index contributed by atoms with van der Waals surface area (Å²) in [6, 6.07) is 4.26. The molecule has 86 valence electrons. The zero-order valence-corrected chi connectivity index (χ0v) is 9.49. The Morgan fingerprint density at radius 1 is 1.35 bits per heavy atom. The molecule has 0 spiro atoms. The third-order valence-corrected chi connectivity index (χ3v) is 2.57. The zero-order valence-electron chi connectivity index (χ0n) is 8.73. The van der Waals surface area contributed by atoms with E-state index in [0.717, 1.165) is 0 Å². The predicted octanol–water partition coefficient (Wildman–Crippen LogP) is 2.69. The maximum Gasteiger partial charge on any atom is 0.188 e. The highest BCUT2D eigenvalue weighted by Gasteiger charge is 2.14. The second kappa shape index (κ2) is 5.01. The van der Waals surface area contributed by atoms with Gasteiger partial charge in [0.1, 0.15) is 5.69 Å². The second-order valence-corrected chi connectivity index (χ2v) is 3.81. The van der Waals surface area contributed by atoms with Crippen LogP contribution in [-0.4, -0.2) is 15.8 Å². The van der Waals surface area contributed by atoms with Crippen molar-refractivity contribution >= 4 is 17.4 Å². The standard InChI is InChI=1S/C12H8ClFN2O/c13-9-7-15-5-3-8(9)6-11(17)12-10(14)2-1-4-16-12/h1-5,7H,6H2. The Morgan fingerprint density at radius 2 is 2.18 bits per heavy atom. The molecule has 0 amide bonds. The largest absolute Gasteiger partial charge is 0.292 e. The van der Waals surface area contributed by atoms with Crippen molar-refractivity contribution in [3.8, 4) is 0 Å². The van der Waals surface area contributed by atoms with Gasteiger partial charge in [0.15, 0.2) is 11.6 Å². The summed E-state index contributed by atoms with van der Waals surface area (Å²) in [5.41, 5.74) is 0.442. The summed E-state index contributed by atoms with van der Waals surface area (Å²) in [4.78, 5) is 19.3.